The van der Waals surface area contributed by atoms with Crippen molar-refractivity contribution in [2.75, 3.05) is 36.3 Å². The van der Waals surface area contributed by atoms with Crippen LogP contribution in [0.5, 0.6) is 0 Å². The Balaban J connectivity index is 2.07. The second-order valence-electron chi connectivity index (χ2n) is 8.49. The number of rotatable bonds is 6. The highest BCUT2D eigenvalue weighted by molar-refractivity contribution is 5.93. The molecule has 0 aromatic heterocycles. The second kappa shape index (κ2) is 8.52. The minimum absolute atomic E-state index is 0.125. The van der Waals surface area contributed by atoms with Gasteiger partial charge in [-0.3, -0.25) is 10.6 Å². The van der Waals surface area contributed by atoms with Crippen molar-refractivity contribution in [2.45, 2.75) is 58.6 Å². The van der Waals surface area contributed by atoms with Crippen LogP contribution in [0.4, 0.5) is 21.9 Å². The highest BCUT2D eigenvalue weighted by atomic mass is 16.6. The minimum Gasteiger partial charge on any atom is -0.444 e. The lowest BCUT2D eigenvalue weighted by Gasteiger charge is -2.22. The number of hydrogen-bond acceptors (Lipinski definition) is 8. The molecule has 28 heavy (non-hydrogen) atoms. The number of ether oxygens (including phenoxy) is 3. The molecule has 6 N–H and O–H groups in total. The number of nitrogens with one attached hydrogen (secondary N) is 2. The highest BCUT2D eigenvalue weighted by Crippen LogP contribution is 2.31. The number of hydrogen-bond donors (Lipinski definition) is 4. The number of hydrazine groups is 1. The normalized spacial score (nSPS) is 18.8. The maximum atomic E-state index is 12.1. The third-order valence-electron chi connectivity index (χ3n) is 4.02. The number of benzene rings is 1. The number of amides is 1. The molecule has 1 fully saturated rings. The first-order chi connectivity index (χ1) is 12.9. The molecule has 158 valence electrons. The quantitative estimate of drug-likeness (QED) is 0.328. The molecule has 0 aliphatic carbocycles. The number of nitrogen functional groups attached to an aromatic ring is 1. The first-order valence-corrected chi connectivity index (χ1v) is 9.26. The third-order valence-corrected chi connectivity index (χ3v) is 4.02. The molecule has 1 atom stereocenters. The third kappa shape index (κ3) is 6.52. The maximum absolute atomic E-state index is 12.1. The summed E-state index contributed by atoms with van der Waals surface area (Å²) >= 11 is 0. The van der Waals surface area contributed by atoms with Gasteiger partial charge in [0.2, 0.25) is 0 Å². The molecule has 0 spiro atoms. The standard InChI is InChI=1S/C19H33N5O4/c1-18(2,3)28-17(25)22-14-7-12(8-15(16(14)20)24(6)21)9-26-10-13-11-27-19(4,5)23-13/h7-8,13,23H,9-11,20-21H2,1-6H3,(H,22,25). The van der Waals surface area contributed by atoms with Gasteiger partial charge in [-0.2, -0.15) is 0 Å². The van der Waals surface area contributed by atoms with E-state index in [0.717, 1.165) is 5.56 Å². The van der Waals surface area contributed by atoms with Crippen LogP contribution >= 0.6 is 0 Å². The van der Waals surface area contributed by atoms with Gasteiger partial charge < -0.3 is 25.0 Å². The van der Waals surface area contributed by atoms with Gasteiger partial charge in [0, 0.05) is 7.05 Å². The summed E-state index contributed by atoms with van der Waals surface area (Å²) in [6, 6.07) is 3.71. The number of anilines is 3. The van der Waals surface area contributed by atoms with Gasteiger partial charge in [0.1, 0.15) is 11.3 Å². The molecule has 1 amide bonds. The number of carbonyl (C=O) groups excluding carboxylic acids is 1. The van der Waals surface area contributed by atoms with E-state index in [1.54, 1.807) is 33.9 Å². The van der Waals surface area contributed by atoms with Crippen molar-refractivity contribution in [3.63, 3.8) is 0 Å². The molecule has 1 aliphatic heterocycles. The van der Waals surface area contributed by atoms with Gasteiger partial charge in [0.15, 0.2) is 0 Å². The number of carbonyl (C=O) groups is 1. The largest absolute Gasteiger partial charge is 0.444 e. The zero-order valence-electron chi connectivity index (χ0n) is 17.6. The molecule has 1 aliphatic rings. The van der Waals surface area contributed by atoms with Crippen molar-refractivity contribution >= 4 is 23.2 Å². The Labute approximate surface area is 166 Å². The average Bonchev–Trinajstić information content (AvgIpc) is 2.87. The summed E-state index contributed by atoms with van der Waals surface area (Å²) in [7, 11) is 1.68. The molecule has 1 aromatic rings. The number of nitrogens with two attached hydrogens (primary N) is 2. The van der Waals surface area contributed by atoms with Crippen molar-refractivity contribution in [2.24, 2.45) is 5.84 Å². The van der Waals surface area contributed by atoms with Gasteiger partial charge in [-0.1, -0.05) is 0 Å². The zero-order valence-corrected chi connectivity index (χ0v) is 17.6. The van der Waals surface area contributed by atoms with Crippen LogP contribution < -0.4 is 27.2 Å². The summed E-state index contributed by atoms with van der Waals surface area (Å²) in [6.45, 7) is 10.8. The van der Waals surface area contributed by atoms with Gasteiger partial charge in [0.05, 0.1) is 42.9 Å². The van der Waals surface area contributed by atoms with Gasteiger partial charge in [-0.25, -0.2) is 10.6 Å². The Hall–Kier alpha value is -2.07. The first-order valence-electron chi connectivity index (χ1n) is 9.26. The summed E-state index contributed by atoms with van der Waals surface area (Å²) in [5.41, 5.74) is 7.39. The fraction of sp³-hybridized carbons (Fsp3) is 0.632. The first kappa shape index (κ1) is 22.2. The molecule has 1 heterocycles. The summed E-state index contributed by atoms with van der Waals surface area (Å²) in [5.74, 6) is 5.88. The lowest BCUT2D eigenvalue weighted by atomic mass is 10.1. The monoisotopic (exact) mass is 395 g/mol. The van der Waals surface area contributed by atoms with E-state index in [1.807, 2.05) is 19.9 Å². The Morgan fingerprint density at radius 2 is 2.11 bits per heavy atom. The lowest BCUT2D eigenvalue weighted by Crippen LogP contribution is -2.40. The van der Waals surface area contributed by atoms with Gasteiger partial charge >= 0.3 is 6.09 Å². The minimum atomic E-state index is -0.614. The Morgan fingerprint density at radius 1 is 1.43 bits per heavy atom. The molecule has 1 aromatic carbocycles. The molecule has 1 unspecified atom stereocenters. The van der Waals surface area contributed by atoms with Crippen LogP contribution in [-0.2, 0) is 20.8 Å². The molecule has 0 bridgehead atoms. The lowest BCUT2D eigenvalue weighted by molar-refractivity contribution is 0.0226. The van der Waals surface area contributed by atoms with Crippen molar-refractivity contribution < 1.29 is 19.0 Å². The van der Waals surface area contributed by atoms with E-state index < -0.39 is 11.7 Å². The topological polar surface area (TPSA) is 124 Å². The SMILES string of the molecule is CN(N)c1cc(COCC2COC(C)(C)N2)cc(NC(=O)OC(C)(C)C)c1N. The van der Waals surface area contributed by atoms with Gasteiger partial charge in [0.25, 0.3) is 0 Å². The van der Waals surface area contributed by atoms with E-state index in [-0.39, 0.29) is 11.8 Å². The van der Waals surface area contributed by atoms with Crippen LogP contribution in [0, 0.1) is 0 Å². The maximum Gasteiger partial charge on any atom is 0.412 e. The Kier molecular flexibility index (Phi) is 6.76. The van der Waals surface area contributed by atoms with Crippen LogP contribution in [0.1, 0.15) is 40.2 Å². The molecule has 1 saturated heterocycles. The van der Waals surface area contributed by atoms with Crippen molar-refractivity contribution in [3.05, 3.63) is 17.7 Å². The fourth-order valence-corrected chi connectivity index (χ4v) is 2.88. The Bertz CT molecular complexity index is 700. The molecule has 0 radical (unpaired) electrons. The highest BCUT2D eigenvalue weighted by Gasteiger charge is 2.30. The van der Waals surface area contributed by atoms with Gasteiger partial charge in [-0.05, 0) is 52.3 Å². The van der Waals surface area contributed by atoms with E-state index in [2.05, 4.69) is 10.6 Å². The predicted molar refractivity (Wildman–Crippen MR) is 110 cm³/mol. The molecule has 2 rings (SSSR count). The smallest absolute Gasteiger partial charge is 0.412 e. The van der Waals surface area contributed by atoms with Crippen LogP contribution in [0.25, 0.3) is 0 Å². The fourth-order valence-electron chi connectivity index (χ4n) is 2.88. The van der Waals surface area contributed by atoms with E-state index in [9.17, 15) is 4.79 Å². The predicted octanol–water partition coefficient (Wildman–Crippen LogP) is 2.17. The molecule has 9 nitrogen and oxygen atoms in total. The second-order valence-corrected chi connectivity index (χ2v) is 8.49. The summed E-state index contributed by atoms with van der Waals surface area (Å²) in [4.78, 5) is 12.1. The average molecular weight is 396 g/mol. The van der Waals surface area contributed by atoms with Crippen LogP contribution in [0.3, 0.4) is 0 Å². The van der Waals surface area contributed by atoms with E-state index in [1.165, 1.54) is 5.01 Å². The van der Waals surface area contributed by atoms with Crippen molar-refractivity contribution in [3.8, 4) is 0 Å². The van der Waals surface area contributed by atoms with Crippen LogP contribution in [-0.4, -0.2) is 43.7 Å². The molecule has 0 saturated carbocycles. The molecule has 9 heteroatoms. The van der Waals surface area contributed by atoms with Crippen molar-refractivity contribution in [1.82, 2.24) is 5.32 Å². The van der Waals surface area contributed by atoms with Crippen molar-refractivity contribution in [1.29, 1.82) is 0 Å². The van der Waals surface area contributed by atoms with Crippen LogP contribution in [0.2, 0.25) is 0 Å². The van der Waals surface area contributed by atoms with E-state index in [0.29, 0.717) is 36.9 Å². The number of nitrogens with zero attached hydrogens (tertiary/aromatic N) is 1. The summed E-state index contributed by atoms with van der Waals surface area (Å²) in [5, 5.41) is 7.43. The van der Waals surface area contributed by atoms with Crippen LogP contribution in [0.15, 0.2) is 12.1 Å². The summed E-state index contributed by atoms with van der Waals surface area (Å²) < 4.78 is 16.8. The summed E-state index contributed by atoms with van der Waals surface area (Å²) in [6.07, 6.45) is -0.586. The van der Waals surface area contributed by atoms with E-state index >= 15 is 0 Å². The van der Waals surface area contributed by atoms with E-state index in [4.69, 9.17) is 25.8 Å². The molecular weight excluding hydrogens is 362 g/mol. The zero-order chi connectivity index (χ0) is 21.1. The molecular formula is C19H33N5O4. The van der Waals surface area contributed by atoms with Gasteiger partial charge in [-0.15, -0.1) is 0 Å². The Morgan fingerprint density at radius 3 is 2.64 bits per heavy atom.